The van der Waals surface area contributed by atoms with Crippen molar-refractivity contribution in [2.75, 3.05) is 11.9 Å². The Hall–Kier alpha value is -2.37. The molecule has 124 valence electrons. The normalized spacial score (nSPS) is 10.1. The molecule has 0 spiro atoms. The Kier molecular flexibility index (Phi) is 5.95. The summed E-state index contributed by atoms with van der Waals surface area (Å²) in [5.41, 5.74) is 0.854. The largest absolute Gasteiger partial charge is 0.462 e. The molecule has 0 aliphatic rings. The molecule has 1 aromatic carbocycles. The Bertz CT molecular complexity index is 810. The number of esters is 1. The summed E-state index contributed by atoms with van der Waals surface area (Å²) in [5, 5.41) is 13.9. The first-order chi connectivity index (χ1) is 11.5. The van der Waals surface area contributed by atoms with Gasteiger partial charge in [-0.3, -0.25) is 4.79 Å². The van der Waals surface area contributed by atoms with Gasteiger partial charge in [-0.05, 0) is 55.4 Å². The van der Waals surface area contributed by atoms with Crippen LogP contribution in [0, 0.1) is 23.4 Å². The Morgan fingerprint density at radius 1 is 1.38 bits per heavy atom. The molecule has 1 amide bonds. The lowest BCUT2D eigenvalue weighted by Gasteiger charge is -2.04. The van der Waals surface area contributed by atoms with Crippen LogP contribution in [0.25, 0.3) is 0 Å². The van der Waals surface area contributed by atoms with E-state index in [1.807, 2.05) is 5.40 Å². The van der Waals surface area contributed by atoms with Gasteiger partial charge in [0.1, 0.15) is 21.1 Å². The summed E-state index contributed by atoms with van der Waals surface area (Å²) in [6.45, 7) is 3.62. The van der Waals surface area contributed by atoms with E-state index in [1.165, 1.54) is 24.3 Å². The van der Waals surface area contributed by atoms with Crippen LogP contribution in [-0.4, -0.2) is 18.5 Å². The van der Waals surface area contributed by atoms with Crippen LogP contribution in [0.1, 0.15) is 32.5 Å². The molecule has 1 aromatic heterocycles. The Balaban J connectivity index is 2.33. The standard InChI is InChI=1S/C16H13FN2O3S2/c1-3-22-16(21)13-9(2)12(23-8-18)15(24-13)19-14(20)10-4-6-11(17)7-5-10/h4-7H,3H2,1-2H3,(H,19,20). The van der Waals surface area contributed by atoms with E-state index in [0.29, 0.717) is 20.3 Å². The van der Waals surface area contributed by atoms with E-state index in [-0.39, 0.29) is 12.2 Å². The van der Waals surface area contributed by atoms with Crippen LogP contribution in [0.4, 0.5) is 9.39 Å². The minimum Gasteiger partial charge on any atom is -0.462 e. The monoisotopic (exact) mass is 364 g/mol. The highest BCUT2D eigenvalue weighted by Crippen LogP contribution is 2.40. The lowest BCUT2D eigenvalue weighted by molar-refractivity contribution is 0.0531. The van der Waals surface area contributed by atoms with E-state index in [2.05, 4.69) is 5.32 Å². The minimum absolute atomic E-state index is 0.230. The second-order valence-corrected chi connectivity index (χ2v) is 6.40. The van der Waals surface area contributed by atoms with Gasteiger partial charge < -0.3 is 10.1 Å². The van der Waals surface area contributed by atoms with Crippen molar-refractivity contribution in [3.63, 3.8) is 0 Å². The molecule has 0 aliphatic heterocycles. The molecule has 24 heavy (non-hydrogen) atoms. The molecule has 0 atom stereocenters. The molecule has 0 fully saturated rings. The summed E-state index contributed by atoms with van der Waals surface area (Å²) in [5.74, 6) is -1.39. The van der Waals surface area contributed by atoms with Gasteiger partial charge in [-0.1, -0.05) is 0 Å². The van der Waals surface area contributed by atoms with E-state index >= 15 is 0 Å². The summed E-state index contributed by atoms with van der Waals surface area (Å²) in [7, 11) is 0. The molecule has 0 aliphatic carbocycles. The minimum atomic E-state index is -0.498. The maximum absolute atomic E-state index is 12.9. The molecule has 2 aromatic rings. The van der Waals surface area contributed by atoms with Crippen LogP contribution < -0.4 is 5.32 Å². The summed E-state index contributed by atoms with van der Waals surface area (Å²) in [6, 6.07) is 5.08. The highest BCUT2D eigenvalue weighted by Gasteiger charge is 2.23. The number of anilines is 1. The number of halogens is 1. The lowest BCUT2D eigenvalue weighted by atomic mass is 10.2. The van der Waals surface area contributed by atoms with E-state index in [4.69, 9.17) is 10.00 Å². The SMILES string of the molecule is CCOC(=O)c1sc(NC(=O)c2ccc(F)cc2)c(SC#N)c1C. The quantitative estimate of drug-likeness (QED) is 0.489. The fourth-order valence-electron chi connectivity index (χ4n) is 1.92. The number of nitrogens with one attached hydrogen (secondary N) is 1. The number of nitrogens with zero attached hydrogens (tertiary/aromatic N) is 1. The number of thioether (sulfide) groups is 1. The van der Waals surface area contributed by atoms with Crippen LogP contribution in [0.15, 0.2) is 29.2 Å². The molecule has 0 radical (unpaired) electrons. The third-order valence-electron chi connectivity index (χ3n) is 3.03. The fraction of sp³-hybridized carbons (Fsp3) is 0.188. The van der Waals surface area contributed by atoms with Gasteiger partial charge in [0.25, 0.3) is 5.91 Å². The topological polar surface area (TPSA) is 79.2 Å². The number of hydrogen-bond acceptors (Lipinski definition) is 6. The van der Waals surface area contributed by atoms with Crippen LogP contribution >= 0.6 is 23.1 Å². The molecule has 8 heteroatoms. The first kappa shape index (κ1) is 18.0. The number of rotatable bonds is 5. The molecule has 5 nitrogen and oxygen atoms in total. The predicted molar refractivity (Wildman–Crippen MR) is 90.8 cm³/mol. The summed E-state index contributed by atoms with van der Waals surface area (Å²) in [6.07, 6.45) is 0. The second kappa shape index (κ2) is 7.95. The first-order valence-electron chi connectivity index (χ1n) is 6.91. The zero-order valence-corrected chi connectivity index (χ0v) is 14.5. The van der Waals surface area contributed by atoms with E-state index in [0.717, 1.165) is 23.1 Å². The molecule has 2 rings (SSSR count). The summed E-state index contributed by atoms with van der Waals surface area (Å²) in [4.78, 5) is 25.1. The zero-order chi connectivity index (χ0) is 17.7. The van der Waals surface area contributed by atoms with Crippen molar-refractivity contribution in [2.45, 2.75) is 18.7 Å². The van der Waals surface area contributed by atoms with Crippen molar-refractivity contribution >= 4 is 40.0 Å². The number of carbonyl (C=O) groups is 2. The van der Waals surface area contributed by atoms with Gasteiger partial charge in [-0.25, -0.2) is 9.18 Å². The van der Waals surface area contributed by atoms with Crippen molar-refractivity contribution in [1.29, 1.82) is 5.26 Å². The number of thiocyanates is 1. The maximum Gasteiger partial charge on any atom is 0.348 e. The Labute approximate surface area is 146 Å². The number of nitriles is 1. The van der Waals surface area contributed by atoms with Gasteiger partial charge in [0, 0.05) is 5.56 Å². The first-order valence-corrected chi connectivity index (χ1v) is 8.54. The number of thiophene rings is 1. The van der Waals surface area contributed by atoms with Gasteiger partial charge in [0.15, 0.2) is 0 Å². The zero-order valence-electron chi connectivity index (χ0n) is 12.9. The molecular weight excluding hydrogens is 351 g/mol. The highest BCUT2D eigenvalue weighted by molar-refractivity contribution is 8.04. The lowest BCUT2D eigenvalue weighted by Crippen LogP contribution is -2.11. The van der Waals surface area contributed by atoms with Crippen molar-refractivity contribution in [2.24, 2.45) is 0 Å². The van der Waals surface area contributed by atoms with E-state index in [9.17, 15) is 14.0 Å². The number of carbonyl (C=O) groups excluding carboxylic acids is 2. The van der Waals surface area contributed by atoms with E-state index in [1.54, 1.807) is 13.8 Å². The summed E-state index contributed by atoms with van der Waals surface area (Å²) >= 11 is 1.91. The number of hydrogen-bond donors (Lipinski definition) is 1. The Morgan fingerprint density at radius 3 is 2.62 bits per heavy atom. The number of ether oxygens (including phenoxy) is 1. The van der Waals surface area contributed by atoms with E-state index < -0.39 is 17.7 Å². The Morgan fingerprint density at radius 2 is 2.04 bits per heavy atom. The average molecular weight is 364 g/mol. The van der Waals surface area contributed by atoms with Crippen molar-refractivity contribution in [1.82, 2.24) is 0 Å². The van der Waals surface area contributed by atoms with Crippen LogP contribution in [-0.2, 0) is 4.74 Å². The van der Waals surface area contributed by atoms with Gasteiger partial charge in [-0.15, -0.1) is 11.3 Å². The predicted octanol–water partition coefficient (Wildman–Crippen LogP) is 4.20. The second-order valence-electron chi connectivity index (χ2n) is 4.59. The summed E-state index contributed by atoms with van der Waals surface area (Å²) < 4.78 is 17.9. The van der Waals surface area contributed by atoms with Crippen LogP contribution in [0.5, 0.6) is 0 Å². The highest BCUT2D eigenvalue weighted by atomic mass is 32.2. The number of amides is 1. The molecule has 0 saturated carbocycles. The molecular formula is C16H13FN2O3S2. The van der Waals surface area contributed by atoms with Gasteiger partial charge in [0.05, 0.1) is 11.5 Å². The third-order valence-corrected chi connectivity index (χ3v) is 5.16. The van der Waals surface area contributed by atoms with Crippen molar-refractivity contribution < 1.29 is 18.7 Å². The molecule has 1 heterocycles. The molecule has 0 saturated heterocycles. The average Bonchev–Trinajstić information content (AvgIpc) is 2.85. The third kappa shape index (κ3) is 3.93. The number of benzene rings is 1. The molecule has 0 unspecified atom stereocenters. The van der Waals surface area contributed by atoms with Crippen LogP contribution in [0.3, 0.4) is 0 Å². The maximum atomic E-state index is 12.9. The van der Waals surface area contributed by atoms with Crippen molar-refractivity contribution in [3.8, 4) is 5.40 Å². The van der Waals surface area contributed by atoms with Crippen LogP contribution in [0.2, 0.25) is 0 Å². The smallest absolute Gasteiger partial charge is 0.348 e. The molecule has 1 N–H and O–H groups in total. The fourth-order valence-corrected chi connectivity index (χ4v) is 3.71. The van der Waals surface area contributed by atoms with Gasteiger partial charge >= 0.3 is 5.97 Å². The van der Waals surface area contributed by atoms with Gasteiger partial charge in [-0.2, -0.15) is 5.26 Å². The molecule has 0 bridgehead atoms. The van der Waals surface area contributed by atoms with Gasteiger partial charge in [0.2, 0.25) is 0 Å². The van der Waals surface area contributed by atoms with Crippen molar-refractivity contribution in [3.05, 3.63) is 46.1 Å².